The minimum Gasteiger partial charge on any atom is -0.482 e. The van der Waals surface area contributed by atoms with E-state index < -0.39 is 12.6 Å². The fraction of sp³-hybridized carbons (Fsp3) is 0.406. The number of hydrogen-bond donors (Lipinski definition) is 2. The predicted octanol–water partition coefficient (Wildman–Crippen LogP) is 6.99. The van der Waals surface area contributed by atoms with Crippen LogP contribution < -0.4 is 10.1 Å². The zero-order valence-electron chi connectivity index (χ0n) is 23.2. The third kappa shape index (κ3) is 7.99. The van der Waals surface area contributed by atoms with Crippen LogP contribution in [0.2, 0.25) is 10.0 Å². The highest BCUT2D eigenvalue weighted by atomic mass is 35.5. The zero-order valence-corrected chi connectivity index (χ0v) is 24.7. The van der Waals surface area contributed by atoms with Gasteiger partial charge in [-0.2, -0.15) is 0 Å². The molecular weight excluding hydrogens is 547 g/mol. The van der Waals surface area contributed by atoms with Crippen molar-refractivity contribution in [3.05, 3.63) is 99.5 Å². The van der Waals surface area contributed by atoms with Crippen LogP contribution in [-0.2, 0) is 9.53 Å². The summed E-state index contributed by atoms with van der Waals surface area (Å²) in [5.74, 6) is -0.443. The molecule has 1 heterocycles. The Morgan fingerprint density at radius 1 is 1.02 bits per heavy atom. The molecule has 3 aromatic rings. The van der Waals surface area contributed by atoms with Crippen LogP contribution in [-0.4, -0.2) is 55.8 Å². The number of hydrogen-bond acceptors (Lipinski definition) is 5. The van der Waals surface area contributed by atoms with E-state index in [9.17, 15) is 9.90 Å². The monoisotopic (exact) mass is 584 g/mol. The molecule has 0 bridgehead atoms. The van der Waals surface area contributed by atoms with Crippen LogP contribution in [0.5, 0.6) is 5.75 Å². The first kappa shape index (κ1) is 30.4. The van der Waals surface area contributed by atoms with Crippen molar-refractivity contribution >= 4 is 29.2 Å². The number of halogens is 2. The Bertz CT molecular complexity index is 1240. The Balaban J connectivity index is 1.74. The van der Waals surface area contributed by atoms with E-state index in [1.54, 1.807) is 12.1 Å². The van der Waals surface area contributed by atoms with Crippen LogP contribution in [0.25, 0.3) is 0 Å². The van der Waals surface area contributed by atoms with Crippen molar-refractivity contribution < 1.29 is 19.4 Å². The lowest BCUT2D eigenvalue weighted by molar-refractivity contribution is -0.139. The molecule has 1 fully saturated rings. The number of nitrogens with one attached hydrogen (secondary N) is 1. The Hall–Kier alpha value is -2.61. The number of carboxylic acid groups (broad SMARTS) is 1. The quantitative estimate of drug-likeness (QED) is 0.223. The molecule has 4 rings (SSSR count). The molecule has 2 N–H and O–H groups in total. The summed E-state index contributed by atoms with van der Waals surface area (Å²) >= 11 is 12.7. The van der Waals surface area contributed by atoms with E-state index in [1.807, 2.05) is 36.4 Å². The predicted molar refractivity (Wildman–Crippen MR) is 161 cm³/mol. The largest absolute Gasteiger partial charge is 0.482 e. The van der Waals surface area contributed by atoms with E-state index in [0.717, 1.165) is 42.6 Å². The SMILES string of the molecule is C[C@H](NCCCN(C)C)[C@@H]1C[C@@H](c2ccc(Cl)cc2)[C@@H](c2ccccc2)O[C@H]1c1cc(Cl)ccc1OCC(=O)O. The average molecular weight is 586 g/mol. The summed E-state index contributed by atoms with van der Waals surface area (Å²) in [6.45, 7) is 3.62. The van der Waals surface area contributed by atoms with Crippen LogP contribution in [0.3, 0.4) is 0 Å². The van der Waals surface area contributed by atoms with Crippen LogP contribution in [0.4, 0.5) is 0 Å². The first-order valence-corrected chi connectivity index (χ1v) is 14.5. The molecule has 40 heavy (non-hydrogen) atoms. The summed E-state index contributed by atoms with van der Waals surface area (Å²) in [6, 6.07) is 23.6. The number of nitrogens with zero attached hydrogens (tertiary/aromatic N) is 1. The minimum absolute atomic E-state index is 0.0469. The molecule has 0 radical (unpaired) electrons. The zero-order chi connectivity index (χ0) is 28.6. The lowest BCUT2D eigenvalue weighted by Crippen LogP contribution is -2.43. The topological polar surface area (TPSA) is 71.0 Å². The van der Waals surface area contributed by atoms with E-state index >= 15 is 0 Å². The van der Waals surface area contributed by atoms with Gasteiger partial charge in [0.25, 0.3) is 0 Å². The summed E-state index contributed by atoms with van der Waals surface area (Å²) in [4.78, 5) is 13.5. The van der Waals surface area contributed by atoms with Gasteiger partial charge >= 0.3 is 5.97 Å². The summed E-state index contributed by atoms with van der Waals surface area (Å²) in [6.07, 6.45) is 1.23. The van der Waals surface area contributed by atoms with E-state index in [4.69, 9.17) is 32.7 Å². The molecule has 3 aromatic carbocycles. The maximum atomic E-state index is 11.4. The van der Waals surface area contributed by atoms with E-state index in [1.165, 1.54) is 0 Å². The van der Waals surface area contributed by atoms with Gasteiger partial charge < -0.3 is 24.8 Å². The fourth-order valence-corrected chi connectivity index (χ4v) is 5.83. The summed E-state index contributed by atoms with van der Waals surface area (Å²) < 4.78 is 12.8. The Morgan fingerprint density at radius 2 is 1.73 bits per heavy atom. The standard InChI is InChI=1S/C32H38Cl2N2O4/c1-21(35-16-7-17-36(2)3)26-19-27(22-10-12-24(33)13-11-22)31(23-8-5-4-6-9-23)40-32(26)28-18-25(34)14-15-29(28)39-20-30(37)38/h4-6,8-15,18,21,26-27,31-32,35H,7,16-17,19-20H2,1-3H3,(H,37,38)/t21-,26-,27-,31+,32+/m0/s1. The van der Waals surface area contributed by atoms with Gasteiger partial charge in [0.2, 0.25) is 0 Å². The number of aliphatic carboxylic acids is 1. The van der Waals surface area contributed by atoms with Gasteiger partial charge in [-0.1, -0.05) is 65.7 Å². The van der Waals surface area contributed by atoms with E-state index in [-0.39, 0.29) is 30.1 Å². The second-order valence-corrected chi connectivity index (χ2v) is 11.6. The van der Waals surface area contributed by atoms with Crippen LogP contribution in [0.15, 0.2) is 72.8 Å². The maximum Gasteiger partial charge on any atom is 0.341 e. The molecule has 1 saturated heterocycles. The Labute approximate surface area is 247 Å². The number of carbonyl (C=O) groups is 1. The Kier molecular flexibility index (Phi) is 10.9. The van der Waals surface area contributed by atoms with Gasteiger partial charge in [-0.25, -0.2) is 4.79 Å². The van der Waals surface area contributed by atoms with E-state index in [2.05, 4.69) is 55.5 Å². The number of ether oxygens (including phenoxy) is 2. The fourth-order valence-electron chi connectivity index (χ4n) is 5.53. The second-order valence-electron chi connectivity index (χ2n) is 10.7. The molecular formula is C32H38Cl2N2O4. The van der Waals surface area contributed by atoms with Crippen molar-refractivity contribution in [3.8, 4) is 5.75 Å². The van der Waals surface area contributed by atoms with Gasteiger partial charge in [0.15, 0.2) is 6.61 Å². The molecule has 5 atom stereocenters. The minimum atomic E-state index is -1.04. The highest BCUT2D eigenvalue weighted by Gasteiger charge is 2.43. The van der Waals surface area contributed by atoms with Crippen molar-refractivity contribution in [2.75, 3.05) is 33.8 Å². The second kappa shape index (κ2) is 14.3. The normalized spacial score (nSPS) is 21.8. The molecule has 214 valence electrons. The molecule has 0 aromatic heterocycles. The van der Waals surface area contributed by atoms with Gasteiger partial charge in [-0.05, 0) is 88.4 Å². The van der Waals surface area contributed by atoms with Gasteiger partial charge in [-0.15, -0.1) is 0 Å². The van der Waals surface area contributed by atoms with Gasteiger partial charge in [0.1, 0.15) is 5.75 Å². The number of rotatable bonds is 12. The average Bonchev–Trinajstić information content (AvgIpc) is 2.94. The first-order valence-electron chi connectivity index (χ1n) is 13.7. The summed E-state index contributed by atoms with van der Waals surface area (Å²) in [7, 11) is 4.15. The molecule has 0 aliphatic carbocycles. The highest BCUT2D eigenvalue weighted by Crippen LogP contribution is 2.52. The third-order valence-corrected chi connectivity index (χ3v) is 8.01. The molecule has 0 spiro atoms. The molecule has 6 nitrogen and oxygen atoms in total. The lowest BCUT2D eigenvalue weighted by atomic mass is 9.73. The van der Waals surface area contributed by atoms with Crippen molar-refractivity contribution in [3.63, 3.8) is 0 Å². The van der Waals surface area contributed by atoms with E-state index in [0.29, 0.717) is 15.8 Å². The van der Waals surface area contributed by atoms with Crippen molar-refractivity contribution in [1.29, 1.82) is 0 Å². The highest BCUT2D eigenvalue weighted by molar-refractivity contribution is 6.30. The maximum absolute atomic E-state index is 11.4. The molecule has 0 saturated carbocycles. The first-order chi connectivity index (χ1) is 19.2. The molecule has 0 unspecified atom stereocenters. The number of carboxylic acids is 1. The third-order valence-electron chi connectivity index (χ3n) is 7.52. The van der Waals surface area contributed by atoms with Crippen LogP contribution in [0.1, 0.15) is 54.6 Å². The molecule has 1 aliphatic heterocycles. The van der Waals surface area contributed by atoms with Crippen LogP contribution in [0, 0.1) is 5.92 Å². The van der Waals surface area contributed by atoms with Gasteiger partial charge in [0, 0.05) is 33.5 Å². The molecule has 8 heteroatoms. The van der Waals surface area contributed by atoms with Gasteiger partial charge in [-0.3, -0.25) is 0 Å². The Morgan fingerprint density at radius 3 is 2.40 bits per heavy atom. The smallest absolute Gasteiger partial charge is 0.341 e. The molecule has 0 amide bonds. The molecule has 1 aliphatic rings. The number of benzene rings is 3. The summed E-state index contributed by atoms with van der Waals surface area (Å²) in [5.41, 5.74) is 3.00. The lowest BCUT2D eigenvalue weighted by Gasteiger charge is -2.45. The van der Waals surface area contributed by atoms with Crippen LogP contribution >= 0.6 is 23.2 Å². The van der Waals surface area contributed by atoms with Gasteiger partial charge in [0.05, 0.1) is 12.2 Å². The van der Waals surface area contributed by atoms with Crippen molar-refractivity contribution in [2.45, 2.75) is 43.9 Å². The summed E-state index contributed by atoms with van der Waals surface area (Å²) in [5, 5.41) is 14.3. The van der Waals surface area contributed by atoms with Crippen molar-refractivity contribution in [2.24, 2.45) is 5.92 Å². The van der Waals surface area contributed by atoms with Crippen molar-refractivity contribution in [1.82, 2.24) is 10.2 Å².